The Morgan fingerprint density at radius 1 is 1.10 bits per heavy atom. The first-order valence-corrected chi connectivity index (χ1v) is 10.3. The van der Waals surface area contributed by atoms with Gasteiger partial charge in [-0.2, -0.15) is 0 Å². The number of aromatic carboxylic acids is 1. The second kappa shape index (κ2) is 8.44. The minimum Gasteiger partial charge on any atom is -0.478 e. The topological polar surface area (TPSA) is 91.8 Å². The van der Waals surface area contributed by atoms with Gasteiger partial charge in [0.2, 0.25) is 5.91 Å². The van der Waals surface area contributed by atoms with Crippen LogP contribution in [-0.2, 0) is 9.53 Å². The maximum absolute atomic E-state index is 11.9. The van der Waals surface area contributed by atoms with E-state index in [4.69, 9.17) is 9.72 Å². The number of aromatic nitrogens is 1. The molecule has 1 saturated carbocycles. The van der Waals surface area contributed by atoms with Gasteiger partial charge in [-0.15, -0.1) is 0 Å². The average molecular weight is 409 g/mol. The van der Waals surface area contributed by atoms with Crippen molar-refractivity contribution in [2.45, 2.75) is 31.9 Å². The summed E-state index contributed by atoms with van der Waals surface area (Å²) in [6.07, 6.45) is 1.63. The number of ether oxygens (including phenoxy) is 1. The van der Waals surface area contributed by atoms with Crippen LogP contribution in [0.1, 0.15) is 30.1 Å². The van der Waals surface area contributed by atoms with Crippen molar-refractivity contribution in [1.82, 2.24) is 10.3 Å². The van der Waals surface area contributed by atoms with Crippen LogP contribution in [0.2, 0.25) is 0 Å². The molecule has 0 unspecified atom stereocenters. The molecule has 1 aliphatic heterocycles. The third kappa shape index (κ3) is 4.03. The SMILES string of the molecule is CO[C@@H]1C[C@H]2CN(c3nc(-c4ccccc4)ccc3C(=O)O)C[C@H]2C[C@H]1NC(C)=O. The highest BCUT2D eigenvalue weighted by Crippen LogP contribution is 2.40. The van der Waals surface area contributed by atoms with Crippen LogP contribution >= 0.6 is 0 Å². The molecule has 4 atom stereocenters. The van der Waals surface area contributed by atoms with Crippen LogP contribution in [0.25, 0.3) is 11.3 Å². The number of methoxy groups -OCH3 is 1. The van der Waals surface area contributed by atoms with Gasteiger partial charge in [-0.1, -0.05) is 30.3 Å². The van der Waals surface area contributed by atoms with Gasteiger partial charge in [0.15, 0.2) is 0 Å². The van der Waals surface area contributed by atoms with E-state index in [1.807, 2.05) is 30.3 Å². The van der Waals surface area contributed by atoms with Crippen molar-refractivity contribution in [3.63, 3.8) is 0 Å². The molecule has 2 N–H and O–H groups in total. The fourth-order valence-electron chi connectivity index (χ4n) is 4.89. The van der Waals surface area contributed by atoms with Crippen LogP contribution < -0.4 is 10.2 Å². The molecule has 1 aromatic carbocycles. The summed E-state index contributed by atoms with van der Waals surface area (Å²) in [5, 5.41) is 12.8. The normalized spacial score (nSPS) is 25.6. The van der Waals surface area contributed by atoms with Crippen LogP contribution in [0.4, 0.5) is 5.82 Å². The number of carbonyl (C=O) groups is 2. The number of rotatable bonds is 5. The van der Waals surface area contributed by atoms with E-state index in [0.717, 1.165) is 37.2 Å². The fourth-order valence-corrected chi connectivity index (χ4v) is 4.89. The van der Waals surface area contributed by atoms with Gasteiger partial charge in [0, 0.05) is 32.7 Å². The van der Waals surface area contributed by atoms with Crippen molar-refractivity contribution in [2.24, 2.45) is 11.8 Å². The lowest BCUT2D eigenvalue weighted by atomic mass is 9.77. The van der Waals surface area contributed by atoms with Crippen molar-refractivity contribution >= 4 is 17.7 Å². The van der Waals surface area contributed by atoms with E-state index in [2.05, 4.69) is 10.2 Å². The minimum absolute atomic E-state index is 0.0174. The number of carboxylic acid groups (broad SMARTS) is 1. The lowest BCUT2D eigenvalue weighted by Gasteiger charge is -2.37. The fraction of sp³-hybridized carbons (Fsp3) is 0.435. The number of hydrogen-bond acceptors (Lipinski definition) is 5. The van der Waals surface area contributed by atoms with Crippen LogP contribution in [0.5, 0.6) is 0 Å². The molecule has 0 spiro atoms. The molecule has 2 aliphatic rings. The smallest absolute Gasteiger partial charge is 0.339 e. The van der Waals surface area contributed by atoms with Crippen LogP contribution in [-0.4, -0.2) is 54.3 Å². The number of hydrogen-bond donors (Lipinski definition) is 2. The third-order valence-electron chi connectivity index (χ3n) is 6.28. The van der Waals surface area contributed by atoms with Gasteiger partial charge in [0.1, 0.15) is 11.4 Å². The molecule has 1 aromatic heterocycles. The highest BCUT2D eigenvalue weighted by atomic mass is 16.5. The highest BCUT2D eigenvalue weighted by molar-refractivity contribution is 5.94. The Hall–Kier alpha value is -2.93. The second-order valence-corrected chi connectivity index (χ2v) is 8.22. The van der Waals surface area contributed by atoms with Crippen LogP contribution in [0, 0.1) is 11.8 Å². The quantitative estimate of drug-likeness (QED) is 0.789. The number of carboxylic acids is 1. The predicted molar refractivity (Wildman–Crippen MR) is 113 cm³/mol. The van der Waals surface area contributed by atoms with E-state index in [-0.39, 0.29) is 23.6 Å². The summed E-state index contributed by atoms with van der Waals surface area (Å²) in [6.45, 7) is 2.99. The number of benzene rings is 1. The lowest BCUT2D eigenvalue weighted by molar-refractivity contribution is -0.121. The van der Waals surface area contributed by atoms with E-state index >= 15 is 0 Å². The number of fused-ring (bicyclic) bond motifs is 1. The van der Waals surface area contributed by atoms with Gasteiger partial charge in [-0.25, -0.2) is 9.78 Å². The average Bonchev–Trinajstić information content (AvgIpc) is 3.15. The number of amides is 1. The zero-order valence-electron chi connectivity index (χ0n) is 17.2. The van der Waals surface area contributed by atoms with Gasteiger partial charge in [-0.3, -0.25) is 4.79 Å². The third-order valence-corrected chi connectivity index (χ3v) is 6.28. The van der Waals surface area contributed by atoms with Crippen molar-refractivity contribution < 1.29 is 19.4 Å². The Kier molecular flexibility index (Phi) is 5.72. The molecule has 1 saturated heterocycles. The molecule has 0 bridgehead atoms. The van der Waals surface area contributed by atoms with Gasteiger partial charge in [0.05, 0.1) is 17.8 Å². The minimum atomic E-state index is -0.974. The van der Waals surface area contributed by atoms with E-state index in [0.29, 0.717) is 17.7 Å². The van der Waals surface area contributed by atoms with Gasteiger partial charge in [-0.05, 0) is 36.8 Å². The summed E-state index contributed by atoms with van der Waals surface area (Å²) in [5.74, 6) is 0.225. The first-order valence-electron chi connectivity index (χ1n) is 10.3. The van der Waals surface area contributed by atoms with Gasteiger partial charge >= 0.3 is 5.97 Å². The van der Waals surface area contributed by atoms with E-state index in [1.165, 1.54) is 6.92 Å². The van der Waals surface area contributed by atoms with E-state index in [9.17, 15) is 14.7 Å². The Labute approximate surface area is 176 Å². The Bertz CT molecular complexity index is 933. The molecular formula is C23H27N3O4. The van der Waals surface area contributed by atoms with E-state index in [1.54, 1.807) is 19.2 Å². The highest BCUT2D eigenvalue weighted by Gasteiger charge is 2.43. The number of carbonyl (C=O) groups excluding carboxylic acids is 1. The second-order valence-electron chi connectivity index (χ2n) is 8.22. The first-order chi connectivity index (χ1) is 14.5. The summed E-state index contributed by atoms with van der Waals surface area (Å²) in [7, 11) is 1.68. The Balaban J connectivity index is 1.61. The lowest BCUT2D eigenvalue weighted by Crippen LogP contribution is -2.49. The Morgan fingerprint density at radius 2 is 1.80 bits per heavy atom. The summed E-state index contributed by atoms with van der Waals surface area (Å²) < 4.78 is 5.65. The van der Waals surface area contributed by atoms with Crippen LogP contribution in [0.15, 0.2) is 42.5 Å². The summed E-state index contributed by atoms with van der Waals surface area (Å²) in [4.78, 5) is 30.3. The molecule has 1 aliphatic carbocycles. The zero-order valence-corrected chi connectivity index (χ0v) is 17.2. The summed E-state index contributed by atoms with van der Waals surface area (Å²) in [6, 6.07) is 13.2. The van der Waals surface area contributed by atoms with Gasteiger partial charge in [0.25, 0.3) is 0 Å². The molecule has 2 heterocycles. The van der Waals surface area contributed by atoms with E-state index < -0.39 is 5.97 Å². The van der Waals surface area contributed by atoms with Crippen molar-refractivity contribution in [3.05, 3.63) is 48.0 Å². The molecule has 7 nitrogen and oxygen atoms in total. The molecule has 1 amide bonds. The molecule has 2 fully saturated rings. The molecule has 30 heavy (non-hydrogen) atoms. The zero-order chi connectivity index (χ0) is 21.3. The maximum atomic E-state index is 11.9. The van der Waals surface area contributed by atoms with Crippen molar-refractivity contribution in [2.75, 3.05) is 25.1 Å². The first kappa shape index (κ1) is 20.3. The molecule has 2 aromatic rings. The molecule has 4 rings (SSSR count). The van der Waals surface area contributed by atoms with Gasteiger partial charge < -0.3 is 20.1 Å². The number of pyridine rings is 1. The maximum Gasteiger partial charge on any atom is 0.339 e. The largest absolute Gasteiger partial charge is 0.478 e. The summed E-state index contributed by atoms with van der Waals surface area (Å²) in [5.41, 5.74) is 1.93. The molecule has 7 heteroatoms. The molecule has 0 radical (unpaired) electrons. The van der Waals surface area contributed by atoms with Crippen molar-refractivity contribution in [1.29, 1.82) is 0 Å². The standard InChI is InChI=1S/C23H27N3O4/c1-14(27)24-20-10-16-12-26(13-17(16)11-21(20)30-2)22-18(23(28)29)8-9-19(25-22)15-6-4-3-5-7-15/h3-9,16-17,20-21H,10-13H2,1-2H3,(H,24,27)(H,28,29)/t16-,17+,20-,21-/m1/s1. The number of nitrogens with one attached hydrogen (secondary N) is 1. The molecule has 158 valence electrons. The Morgan fingerprint density at radius 3 is 2.43 bits per heavy atom. The molecular weight excluding hydrogens is 382 g/mol. The predicted octanol–water partition coefficient (Wildman–Crippen LogP) is 2.81. The monoisotopic (exact) mass is 409 g/mol. The number of anilines is 1. The van der Waals surface area contributed by atoms with Crippen LogP contribution in [0.3, 0.4) is 0 Å². The summed E-state index contributed by atoms with van der Waals surface area (Å²) >= 11 is 0. The number of nitrogens with zero attached hydrogens (tertiary/aromatic N) is 2. The van der Waals surface area contributed by atoms with Crippen molar-refractivity contribution in [3.8, 4) is 11.3 Å².